The number of aryl methyl sites for hydroxylation is 2. The number of benzene rings is 1. The molecular formula is C11H8ClF2N. The first-order valence-corrected chi connectivity index (χ1v) is 4.80. The van der Waals surface area contributed by atoms with Crippen LogP contribution in [0.5, 0.6) is 0 Å². The van der Waals surface area contributed by atoms with Gasteiger partial charge in [0, 0.05) is 5.69 Å². The number of nitrogens with zero attached hydrogens (tertiary/aromatic N) is 1. The highest BCUT2D eigenvalue weighted by atomic mass is 35.5. The predicted octanol–water partition coefficient (Wildman–Crippen LogP) is 3.78. The minimum absolute atomic E-state index is 0.0110. The molecule has 0 aliphatic heterocycles. The third-order valence-corrected chi connectivity index (χ3v) is 2.53. The number of hydrogen-bond donors (Lipinski definition) is 0. The van der Waals surface area contributed by atoms with Gasteiger partial charge < -0.3 is 0 Å². The SMILES string of the molecule is Cc1cc(Cl)c2c(F)c(C)cc(F)c2n1. The lowest BCUT2D eigenvalue weighted by Gasteiger charge is -2.06. The molecule has 0 aliphatic rings. The summed E-state index contributed by atoms with van der Waals surface area (Å²) in [5, 5.41) is 0.248. The number of hydrogen-bond acceptors (Lipinski definition) is 1. The van der Waals surface area contributed by atoms with Crippen molar-refractivity contribution < 1.29 is 8.78 Å². The molecule has 2 aromatic rings. The van der Waals surface area contributed by atoms with E-state index in [9.17, 15) is 8.78 Å². The summed E-state index contributed by atoms with van der Waals surface area (Å²) >= 11 is 5.86. The molecule has 1 heterocycles. The molecule has 1 aromatic heterocycles. The summed E-state index contributed by atoms with van der Waals surface area (Å²) in [6, 6.07) is 2.65. The van der Waals surface area contributed by atoms with Crippen molar-refractivity contribution in [2.75, 3.05) is 0 Å². The van der Waals surface area contributed by atoms with Gasteiger partial charge in [-0.2, -0.15) is 0 Å². The van der Waals surface area contributed by atoms with Crippen LogP contribution in [-0.4, -0.2) is 4.98 Å². The monoisotopic (exact) mass is 227 g/mol. The zero-order valence-electron chi connectivity index (χ0n) is 8.24. The Labute approximate surface area is 90.7 Å². The third-order valence-electron chi connectivity index (χ3n) is 2.23. The van der Waals surface area contributed by atoms with Gasteiger partial charge in [-0.25, -0.2) is 13.8 Å². The maximum Gasteiger partial charge on any atom is 0.149 e. The molecule has 0 saturated heterocycles. The Morgan fingerprint density at radius 2 is 1.87 bits per heavy atom. The molecule has 0 atom stereocenters. The van der Waals surface area contributed by atoms with Crippen LogP contribution < -0.4 is 0 Å². The highest BCUT2D eigenvalue weighted by Gasteiger charge is 2.14. The lowest BCUT2D eigenvalue weighted by molar-refractivity contribution is 0.607. The van der Waals surface area contributed by atoms with E-state index in [0.29, 0.717) is 5.69 Å². The second kappa shape index (κ2) is 3.42. The van der Waals surface area contributed by atoms with Crippen molar-refractivity contribution in [2.45, 2.75) is 13.8 Å². The highest BCUT2D eigenvalue weighted by Crippen LogP contribution is 2.29. The largest absolute Gasteiger partial charge is 0.250 e. The first-order chi connectivity index (χ1) is 7.00. The fourth-order valence-electron chi connectivity index (χ4n) is 1.53. The van der Waals surface area contributed by atoms with Crippen LogP contribution in [0.2, 0.25) is 5.02 Å². The van der Waals surface area contributed by atoms with Crippen molar-refractivity contribution in [3.63, 3.8) is 0 Å². The number of fused-ring (bicyclic) bond motifs is 1. The van der Waals surface area contributed by atoms with Gasteiger partial charge in [0.2, 0.25) is 0 Å². The van der Waals surface area contributed by atoms with Crippen molar-refractivity contribution in [3.05, 3.63) is 40.0 Å². The van der Waals surface area contributed by atoms with E-state index >= 15 is 0 Å². The quantitative estimate of drug-likeness (QED) is 0.667. The van der Waals surface area contributed by atoms with Crippen molar-refractivity contribution in [1.29, 1.82) is 0 Å². The molecule has 0 saturated carbocycles. The molecule has 1 aromatic carbocycles. The summed E-state index contributed by atoms with van der Waals surface area (Å²) in [4.78, 5) is 3.94. The second-order valence-electron chi connectivity index (χ2n) is 3.46. The third kappa shape index (κ3) is 1.57. The van der Waals surface area contributed by atoms with Crippen LogP contribution >= 0.6 is 11.6 Å². The van der Waals surface area contributed by atoms with Crippen LogP contribution in [0, 0.1) is 25.5 Å². The summed E-state index contributed by atoms with van der Waals surface area (Å²) in [5.41, 5.74) is 0.783. The second-order valence-corrected chi connectivity index (χ2v) is 3.87. The Morgan fingerprint density at radius 3 is 2.53 bits per heavy atom. The summed E-state index contributed by atoms with van der Waals surface area (Å²) in [6.45, 7) is 3.18. The number of halogens is 3. The van der Waals surface area contributed by atoms with E-state index in [2.05, 4.69) is 4.98 Å². The molecular weight excluding hydrogens is 220 g/mol. The van der Waals surface area contributed by atoms with Crippen molar-refractivity contribution >= 4 is 22.5 Å². The molecule has 78 valence electrons. The Morgan fingerprint density at radius 1 is 1.20 bits per heavy atom. The minimum atomic E-state index is -0.547. The van der Waals surface area contributed by atoms with E-state index in [1.807, 2.05) is 0 Å². The van der Waals surface area contributed by atoms with Crippen LogP contribution in [0.3, 0.4) is 0 Å². The van der Waals surface area contributed by atoms with Gasteiger partial charge in [-0.05, 0) is 31.5 Å². The van der Waals surface area contributed by atoms with Gasteiger partial charge in [-0.15, -0.1) is 0 Å². The molecule has 1 nitrogen and oxygen atoms in total. The fourth-order valence-corrected chi connectivity index (χ4v) is 1.86. The van der Waals surface area contributed by atoms with E-state index in [4.69, 9.17) is 11.6 Å². The summed E-state index contributed by atoms with van der Waals surface area (Å²) in [5.74, 6) is -1.06. The standard InChI is InChI=1S/C11H8ClF2N/c1-5-3-8(13)11-9(10(5)14)7(12)4-6(2)15-11/h3-4H,1-2H3. The molecule has 0 fully saturated rings. The topological polar surface area (TPSA) is 12.9 Å². The first kappa shape index (κ1) is 10.3. The lowest BCUT2D eigenvalue weighted by atomic mass is 10.1. The number of pyridine rings is 1. The van der Waals surface area contributed by atoms with E-state index in [0.717, 1.165) is 6.07 Å². The highest BCUT2D eigenvalue weighted by molar-refractivity contribution is 6.35. The summed E-state index contributed by atoms with van der Waals surface area (Å²) in [6.07, 6.45) is 0. The van der Waals surface area contributed by atoms with Crippen LogP contribution in [0.1, 0.15) is 11.3 Å². The van der Waals surface area contributed by atoms with Gasteiger partial charge in [-0.1, -0.05) is 11.6 Å². The van der Waals surface area contributed by atoms with Gasteiger partial charge in [0.25, 0.3) is 0 Å². The Hall–Kier alpha value is -1.22. The smallest absolute Gasteiger partial charge is 0.149 e. The maximum atomic E-state index is 13.7. The van der Waals surface area contributed by atoms with E-state index in [1.54, 1.807) is 6.92 Å². The number of rotatable bonds is 0. The molecule has 15 heavy (non-hydrogen) atoms. The molecule has 0 bridgehead atoms. The van der Waals surface area contributed by atoms with Crippen molar-refractivity contribution in [2.24, 2.45) is 0 Å². The first-order valence-electron chi connectivity index (χ1n) is 4.42. The lowest BCUT2D eigenvalue weighted by Crippen LogP contribution is -1.94. The zero-order chi connectivity index (χ0) is 11.2. The van der Waals surface area contributed by atoms with Crippen molar-refractivity contribution in [1.82, 2.24) is 4.98 Å². The van der Waals surface area contributed by atoms with Gasteiger partial charge >= 0.3 is 0 Å². The zero-order valence-corrected chi connectivity index (χ0v) is 8.99. The summed E-state index contributed by atoms with van der Waals surface area (Å²) < 4.78 is 27.2. The van der Waals surface area contributed by atoms with Gasteiger partial charge in [0.05, 0.1) is 10.4 Å². The molecule has 0 radical (unpaired) electrons. The predicted molar refractivity (Wildman–Crippen MR) is 56.1 cm³/mol. The van der Waals surface area contributed by atoms with Crippen molar-refractivity contribution in [3.8, 4) is 0 Å². The molecule has 0 aliphatic carbocycles. The Bertz CT molecular complexity index is 552. The fraction of sp³-hybridized carbons (Fsp3) is 0.182. The Kier molecular flexibility index (Phi) is 2.35. The van der Waals surface area contributed by atoms with Crippen LogP contribution in [0.15, 0.2) is 12.1 Å². The van der Waals surface area contributed by atoms with E-state index in [1.165, 1.54) is 13.0 Å². The average Bonchev–Trinajstić information content (AvgIpc) is 2.13. The van der Waals surface area contributed by atoms with Gasteiger partial charge in [0.15, 0.2) is 0 Å². The Balaban J connectivity index is 3.03. The summed E-state index contributed by atoms with van der Waals surface area (Å²) in [7, 11) is 0. The van der Waals surface area contributed by atoms with Crippen LogP contribution in [0.25, 0.3) is 10.9 Å². The molecule has 2 rings (SSSR count). The number of aromatic nitrogens is 1. The maximum absolute atomic E-state index is 13.7. The minimum Gasteiger partial charge on any atom is -0.250 e. The normalized spacial score (nSPS) is 11.0. The molecule has 0 unspecified atom stereocenters. The molecule has 0 amide bonds. The molecule has 0 spiro atoms. The van der Waals surface area contributed by atoms with E-state index in [-0.39, 0.29) is 21.5 Å². The van der Waals surface area contributed by atoms with Gasteiger partial charge in [-0.3, -0.25) is 0 Å². The van der Waals surface area contributed by atoms with Crippen LogP contribution in [-0.2, 0) is 0 Å². The van der Waals surface area contributed by atoms with Gasteiger partial charge in [0.1, 0.15) is 17.2 Å². The molecule has 4 heteroatoms. The average molecular weight is 228 g/mol. The van der Waals surface area contributed by atoms with Crippen LogP contribution in [0.4, 0.5) is 8.78 Å². The van der Waals surface area contributed by atoms with E-state index < -0.39 is 11.6 Å². The molecule has 0 N–H and O–H groups in total.